The lowest BCUT2D eigenvalue weighted by Gasteiger charge is -2.33. The van der Waals surface area contributed by atoms with E-state index in [1.807, 2.05) is 31.2 Å². The fourth-order valence-electron chi connectivity index (χ4n) is 2.37. The van der Waals surface area contributed by atoms with E-state index in [9.17, 15) is 4.79 Å². The quantitative estimate of drug-likeness (QED) is 0.870. The van der Waals surface area contributed by atoms with Crippen molar-refractivity contribution in [3.8, 4) is 5.75 Å². The Bertz CT molecular complexity index is 422. The lowest BCUT2D eigenvalue weighted by Crippen LogP contribution is -2.56. The molecule has 1 fully saturated rings. The Morgan fingerprint density at radius 2 is 2.11 bits per heavy atom. The average Bonchev–Trinajstić information content (AvgIpc) is 2.46. The zero-order valence-electron chi connectivity index (χ0n) is 11.7. The third kappa shape index (κ3) is 3.47. The summed E-state index contributed by atoms with van der Waals surface area (Å²) < 4.78 is 5.11. The number of piperidine rings is 1. The maximum absolute atomic E-state index is 12.2. The number of carbonyl (C=O) groups is 1. The summed E-state index contributed by atoms with van der Waals surface area (Å²) in [6, 6.07) is 7.75. The molecule has 0 saturated carbocycles. The van der Waals surface area contributed by atoms with Crippen molar-refractivity contribution in [3.05, 3.63) is 29.8 Å². The second kappa shape index (κ2) is 6.06. The van der Waals surface area contributed by atoms with E-state index in [1.54, 1.807) is 7.11 Å². The molecule has 4 heteroatoms. The van der Waals surface area contributed by atoms with Gasteiger partial charge in [0.1, 0.15) is 5.75 Å². The molecule has 1 aromatic carbocycles. The van der Waals surface area contributed by atoms with Gasteiger partial charge in [0.2, 0.25) is 5.91 Å². The van der Waals surface area contributed by atoms with Crippen molar-refractivity contribution in [2.75, 3.05) is 13.7 Å². The van der Waals surface area contributed by atoms with Crippen LogP contribution in [0, 0.1) is 0 Å². The van der Waals surface area contributed by atoms with Crippen molar-refractivity contribution in [1.29, 1.82) is 0 Å². The van der Waals surface area contributed by atoms with Crippen LogP contribution in [0.25, 0.3) is 0 Å². The first-order chi connectivity index (χ1) is 9.14. The summed E-state index contributed by atoms with van der Waals surface area (Å²) >= 11 is 0. The standard InChI is InChI=1S/C15H22N2O2/c1-15(9-3-4-10-17-15)14(18)16-11-12-5-7-13(19-2)8-6-12/h5-8,17H,3-4,9-11H2,1-2H3,(H,16,18). The van der Waals surface area contributed by atoms with E-state index in [2.05, 4.69) is 10.6 Å². The second-order valence-electron chi connectivity index (χ2n) is 5.25. The molecule has 0 aromatic heterocycles. The Balaban J connectivity index is 1.88. The average molecular weight is 262 g/mol. The van der Waals surface area contributed by atoms with Gasteiger partial charge in [-0.3, -0.25) is 4.79 Å². The van der Waals surface area contributed by atoms with Gasteiger partial charge in [-0.1, -0.05) is 12.1 Å². The summed E-state index contributed by atoms with van der Waals surface area (Å²) in [5.41, 5.74) is 0.665. The van der Waals surface area contributed by atoms with Crippen molar-refractivity contribution in [2.24, 2.45) is 0 Å². The molecule has 1 saturated heterocycles. The van der Waals surface area contributed by atoms with E-state index >= 15 is 0 Å². The number of carbonyl (C=O) groups excluding carboxylic acids is 1. The van der Waals surface area contributed by atoms with E-state index in [0.29, 0.717) is 6.54 Å². The largest absolute Gasteiger partial charge is 0.497 e. The third-order valence-electron chi connectivity index (χ3n) is 3.73. The third-order valence-corrected chi connectivity index (χ3v) is 3.73. The first-order valence-corrected chi connectivity index (χ1v) is 6.80. The molecule has 2 rings (SSSR count). The zero-order valence-corrected chi connectivity index (χ0v) is 11.7. The van der Waals surface area contributed by atoms with Crippen molar-refractivity contribution in [3.63, 3.8) is 0 Å². The lowest BCUT2D eigenvalue weighted by molar-refractivity contribution is -0.128. The van der Waals surface area contributed by atoms with E-state index in [1.165, 1.54) is 0 Å². The number of hydrogen-bond acceptors (Lipinski definition) is 3. The fraction of sp³-hybridized carbons (Fsp3) is 0.533. The molecule has 0 aliphatic carbocycles. The van der Waals surface area contributed by atoms with Gasteiger partial charge in [0.05, 0.1) is 12.6 Å². The highest BCUT2D eigenvalue weighted by Crippen LogP contribution is 2.19. The summed E-state index contributed by atoms with van der Waals surface area (Å²) in [7, 11) is 1.65. The van der Waals surface area contributed by atoms with Gasteiger partial charge in [0, 0.05) is 6.54 Å². The van der Waals surface area contributed by atoms with Crippen LogP contribution in [0.2, 0.25) is 0 Å². The van der Waals surface area contributed by atoms with E-state index in [-0.39, 0.29) is 5.91 Å². The Kier molecular flexibility index (Phi) is 4.43. The van der Waals surface area contributed by atoms with Crippen LogP contribution < -0.4 is 15.4 Å². The minimum atomic E-state index is -0.412. The number of amides is 1. The molecule has 104 valence electrons. The van der Waals surface area contributed by atoms with Crippen molar-refractivity contribution in [1.82, 2.24) is 10.6 Å². The van der Waals surface area contributed by atoms with Gasteiger partial charge in [-0.15, -0.1) is 0 Å². The Morgan fingerprint density at radius 1 is 1.37 bits per heavy atom. The van der Waals surface area contributed by atoms with Crippen molar-refractivity contribution >= 4 is 5.91 Å². The van der Waals surface area contributed by atoms with Crippen LogP contribution in [0.4, 0.5) is 0 Å². The molecule has 0 radical (unpaired) electrons. The van der Waals surface area contributed by atoms with Gasteiger partial charge in [-0.2, -0.15) is 0 Å². The molecule has 1 heterocycles. The summed E-state index contributed by atoms with van der Waals surface area (Å²) in [5, 5.41) is 6.32. The van der Waals surface area contributed by atoms with Crippen LogP contribution >= 0.6 is 0 Å². The predicted octanol–water partition coefficient (Wildman–Crippen LogP) is 1.84. The number of rotatable bonds is 4. The Hall–Kier alpha value is -1.55. The fourth-order valence-corrected chi connectivity index (χ4v) is 2.37. The SMILES string of the molecule is COc1ccc(CNC(=O)C2(C)CCCCN2)cc1. The Labute approximate surface area is 114 Å². The molecule has 1 atom stereocenters. The minimum absolute atomic E-state index is 0.0861. The number of hydrogen-bond donors (Lipinski definition) is 2. The Morgan fingerprint density at radius 3 is 2.68 bits per heavy atom. The van der Waals surface area contributed by atoms with Crippen LogP contribution in [-0.2, 0) is 11.3 Å². The molecule has 4 nitrogen and oxygen atoms in total. The maximum Gasteiger partial charge on any atom is 0.240 e. The van der Waals surface area contributed by atoms with E-state index in [4.69, 9.17) is 4.74 Å². The van der Waals surface area contributed by atoms with Crippen LogP contribution in [-0.4, -0.2) is 25.1 Å². The summed E-state index contributed by atoms with van der Waals surface area (Å²) in [5.74, 6) is 0.916. The predicted molar refractivity (Wildman–Crippen MR) is 75.1 cm³/mol. The van der Waals surface area contributed by atoms with Gasteiger partial charge in [-0.25, -0.2) is 0 Å². The molecule has 1 aliphatic heterocycles. The first kappa shape index (κ1) is 13.9. The van der Waals surface area contributed by atoms with Crippen LogP contribution in [0.3, 0.4) is 0 Å². The molecule has 0 bridgehead atoms. The molecular formula is C15H22N2O2. The highest BCUT2D eigenvalue weighted by atomic mass is 16.5. The molecule has 1 unspecified atom stereocenters. The molecule has 1 amide bonds. The highest BCUT2D eigenvalue weighted by Gasteiger charge is 2.33. The highest BCUT2D eigenvalue weighted by molar-refractivity contribution is 5.85. The van der Waals surface area contributed by atoms with Crippen LogP contribution in [0.1, 0.15) is 31.7 Å². The van der Waals surface area contributed by atoms with E-state index < -0.39 is 5.54 Å². The minimum Gasteiger partial charge on any atom is -0.497 e. The number of benzene rings is 1. The molecule has 0 spiro atoms. The van der Waals surface area contributed by atoms with Gasteiger partial charge in [0.25, 0.3) is 0 Å². The second-order valence-corrected chi connectivity index (χ2v) is 5.25. The van der Waals surface area contributed by atoms with Gasteiger partial charge in [0.15, 0.2) is 0 Å². The van der Waals surface area contributed by atoms with Gasteiger partial charge >= 0.3 is 0 Å². The molecule has 2 N–H and O–H groups in total. The van der Waals surface area contributed by atoms with Crippen molar-refractivity contribution in [2.45, 2.75) is 38.3 Å². The topological polar surface area (TPSA) is 50.4 Å². The first-order valence-electron chi connectivity index (χ1n) is 6.80. The van der Waals surface area contributed by atoms with Crippen molar-refractivity contribution < 1.29 is 9.53 Å². The van der Waals surface area contributed by atoms with Gasteiger partial charge in [-0.05, 0) is 50.4 Å². The number of nitrogens with one attached hydrogen (secondary N) is 2. The molecular weight excluding hydrogens is 240 g/mol. The zero-order chi connectivity index (χ0) is 13.7. The summed E-state index contributed by atoms with van der Waals surface area (Å²) in [6.45, 7) is 3.46. The lowest BCUT2D eigenvalue weighted by atomic mass is 9.90. The summed E-state index contributed by atoms with van der Waals surface area (Å²) in [6.07, 6.45) is 3.17. The number of ether oxygens (including phenoxy) is 1. The molecule has 19 heavy (non-hydrogen) atoms. The smallest absolute Gasteiger partial charge is 0.240 e. The molecule has 1 aromatic rings. The van der Waals surface area contributed by atoms with Crippen LogP contribution in [0.15, 0.2) is 24.3 Å². The van der Waals surface area contributed by atoms with E-state index in [0.717, 1.165) is 37.1 Å². The maximum atomic E-state index is 12.2. The monoisotopic (exact) mass is 262 g/mol. The molecule has 1 aliphatic rings. The van der Waals surface area contributed by atoms with Crippen LogP contribution in [0.5, 0.6) is 5.75 Å². The normalized spacial score (nSPS) is 22.8. The van der Waals surface area contributed by atoms with Gasteiger partial charge < -0.3 is 15.4 Å². The number of methoxy groups -OCH3 is 1. The summed E-state index contributed by atoms with van der Waals surface area (Å²) in [4.78, 5) is 12.2.